The number of benzene rings is 1. The van der Waals surface area contributed by atoms with Gasteiger partial charge in [-0.05, 0) is 43.4 Å². The fourth-order valence-corrected chi connectivity index (χ4v) is 4.71. The molecule has 1 N–H and O–H groups in total. The highest BCUT2D eigenvalue weighted by molar-refractivity contribution is 7.89. The van der Waals surface area contributed by atoms with E-state index in [0.717, 1.165) is 18.4 Å². The van der Waals surface area contributed by atoms with E-state index in [-0.39, 0.29) is 28.9 Å². The maximum Gasteiger partial charge on any atom is 0.244 e. The van der Waals surface area contributed by atoms with Gasteiger partial charge in [-0.1, -0.05) is 17.7 Å². The molecule has 2 aliphatic rings. The minimum absolute atomic E-state index is 0.123. The first-order chi connectivity index (χ1) is 8.83. The highest BCUT2D eigenvalue weighted by Gasteiger charge is 2.55. The third-order valence-corrected chi connectivity index (χ3v) is 6.22. The van der Waals surface area contributed by atoms with Gasteiger partial charge < -0.3 is 5.11 Å². The quantitative estimate of drug-likeness (QED) is 0.926. The first kappa shape index (κ1) is 13.4. The SMILES string of the molecule is Cc1ccc(S(=O)(=O)N2CC(O)(C3CC3)C2)c(Cl)c1. The van der Waals surface area contributed by atoms with E-state index in [1.54, 1.807) is 12.1 Å². The summed E-state index contributed by atoms with van der Waals surface area (Å²) in [5.74, 6) is 0.271. The van der Waals surface area contributed by atoms with Gasteiger partial charge in [0.25, 0.3) is 0 Å². The van der Waals surface area contributed by atoms with Crippen LogP contribution in [0.3, 0.4) is 0 Å². The number of hydrogen-bond donors (Lipinski definition) is 1. The van der Waals surface area contributed by atoms with Crippen LogP contribution in [0.5, 0.6) is 0 Å². The van der Waals surface area contributed by atoms with Crippen LogP contribution in [-0.4, -0.2) is 36.5 Å². The van der Waals surface area contributed by atoms with Crippen molar-refractivity contribution in [2.75, 3.05) is 13.1 Å². The first-order valence-corrected chi connectivity index (χ1v) is 8.13. The first-order valence-electron chi connectivity index (χ1n) is 6.32. The average Bonchev–Trinajstić information content (AvgIpc) is 3.07. The molecule has 1 aliphatic heterocycles. The van der Waals surface area contributed by atoms with Crippen molar-refractivity contribution in [3.05, 3.63) is 28.8 Å². The Hall–Kier alpha value is -0.620. The van der Waals surface area contributed by atoms with E-state index < -0.39 is 15.6 Å². The predicted octanol–water partition coefficient (Wildman–Crippen LogP) is 1.79. The van der Waals surface area contributed by atoms with Crippen LogP contribution in [0, 0.1) is 12.8 Å². The molecule has 0 radical (unpaired) electrons. The number of rotatable bonds is 3. The predicted molar refractivity (Wildman–Crippen MR) is 72.6 cm³/mol. The van der Waals surface area contributed by atoms with Crippen molar-refractivity contribution < 1.29 is 13.5 Å². The number of nitrogens with zero attached hydrogens (tertiary/aromatic N) is 1. The molecule has 0 aromatic heterocycles. The van der Waals surface area contributed by atoms with Crippen molar-refractivity contribution in [1.82, 2.24) is 4.31 Å². The van der Waals surface area contributed by atoms with Gasteiger partial charge >= 0.3 is 0 Å². The van der Waals surface area contributed by atoms with Crippen LogP contribution >= 0.6 is 11.6 Å². The standard InChI is InChI=1S/C13H16ClNO3S/c1-9-2-5-12(11(14)6-9)19(17,18)15-7-13(16,8-15)10-3-4-10/h2,5-6,10,16H,3-4,7-8H2,1H3. The number of hydrogen-bond acceptors (Lipinski definition) is 3. The van der Waals surface area contributed by atoms with Gasteiger partial charge in [0.15, 0.2) is 0 Å². The van der Waals surface area contributed by atoms with Gasteiger partial charge in [-0.25, -0.2) is 8.42 Å². The van der Waals surface area contributed by atoms with Crippen molar-refractivity contribution in [2.45, 2.75) is 30.3 Å². The highest BCUT2D eigenvalue weighted by atomic mass is 35.5. The molecular weight excluding hydrogens is 286 g/mol. The fourth-order valence-electron chi connectivity index (χ4n) is 2.57. The number of halogens is 1. The van der Waals surface area contributed by atoms with E-state index in [4.69, 9.17) is 11.6 Å². The number of β-amino-alcohol motifs (C(OH)–C–C–N with tert-alkyl or cyclic N) is 1. The molecule has 6 heteroatoms. The monoisotopic (exact) mass is 301 g/mol. The van der Waals surface area contributed by atoms with Crippen molar-refractivity contribution in [1.29, 1.82) is 0 Å². The zero-order chi connectivity index (χ0) is 13.8. The van der Waals surface area contributed by atoms with E-state index in [0.29, 0.717) is 0 Å². The molecule has 1 heterocycles. The minimum Gasteiger partial charge on any atom is -0.387 e. The molecule has 104 valence electrons. The molecule has 0 unspecified atom stereocenters. The minimum atomic E-state index is -3.59. The lowest BCUT2D eigenvalue weighted by atomic mass is 9.91. The lowest BCUT2D eigenvalue weighted by molar-refractivity contribution is -0.0764. The van der Waals surface area contributed by atoms with Crippen molar-refractivity contribution in [3.63, 3.8) is 0 Å². The molecule has 0 amide bonds. The second-order valence-corrected chi connectivity index (χ2v) is 7.90. The Bertz CT molecular complexity index is 619. The van der Waals surface area contributed by atoms with Crippen LogP contribution in [-0.2, 0) is 10.0 Å². The summed E-state index contributed by atoms with van der Waals surface area (Å²) in [6, 6.07) is 4.90. The molecule has 1 saturated carbocycles. The van der Waals surface area contributed by atoms with Gasteiger partial charge in [-0.2, -0.15) is 4.31 Å². The zero-order valence-corrected chi connectivity index (χ0v) is 12.2. The fraction of sp³-hybridized carbons (Fsp3) is 0.538. The average molecular weight is 302 g/mol. The van der Waals surface area contributed by atoms with Crippen LogP contribution in [0.15, 0.2) is 23.1 Å². The van der Waals surface area contributed by atoms with Gasteiger partial charge in [0.1, 0.15) is 4.90 Å². The molecule has 1 aromatic rings. The van der Waals surface area contributed by atoms with E-state index in [9.17, 15) is 13.5 Å². The summed E-state index contributed by atoms with van der Waals surface area (Å²) < 4.78 is 26.1. The van der Waals surface area contributed by atoms with E-state index in [1.165, 1.54) is 10.4 Å². The molecule has 1 saturated heterocycles. The third-order valence-electron chi connectivity index (χ3n) is 3.94. The van der Waals surface area contributed by atoms with E-state index in [2.05, 4.69) is 0 Å². The van der Waals surface area contributed by atoms with Gasteiger partial charge in [-0.15, -0.1) is 0 Å². The molecule has 19 heavy (non-hydrogen) atoms. The van der Waals surface area contributed by atoms with Crippen LogP contribution < -0.4 is 0 Å². The number of sulfonamides is 1. The third kappa shape index (κ3) is 2.18. The molecule has 2 fully saturated rings. The van der Waals surface area contributed by atoms with Crippen LogP contribution in [0.1, 0.15) is 18.4 Å². The molecule has 0 atom stereocenters. The molecule has 1 aromatic carbocycles. The lowest BCUT2D eigenvalue weighted by Crippen LogP contribution is -2.64. The Morgan fingerprint density at radius 3 is 2.53 bits per heavy atom. The number of aryl methyl sites for hydroxylation is 1. The number of aliphatic hydroxyl groups is 1. The summed E-state index contributed by atoms with van der Waals surface area (Å²) in [7, 11) is -3.59. The summed E-state index contributed by atoms with van der Waals surface area (Å²) in [6.07, 6.45) is 1.99. The highest BCUT2D eigenvalue weighted by Crippen LogP contribution is 2.46. The van der Waals surface area contributed by atoms with E-state index in [1.807, 2.05) is 6.92 Å². The Kier molecular flexibility index (Phi) is 2.94. The molecule has 4 nitrogen and oxygen atoms in total. The van der Waals surface area contributed by atoms with Crippen LogP contribution in [0.25, 0.3) is 0 Å². The largest absolute Gasteiger partial charge is 0.387 e. The van der Waals surface area contributed by atoms with Gasteiger partial charge in [-0.3, -0.25) is 0 Å². The summed E-state index contributed by atoms with van der Waals surface area (Å²) >= 11 is 6.02. The van der Waals surface area contributed by atoms with Gasteiger partial charge in [0.2, 0.25) is 10.0 Å². The van der Waals surface area contributed by atoms with Crippen molar-refractivity contribution in [3.8, 4) is 0 Å². The maximum absolute atomic E-state index is 12.4. The summed E-state index contributed by atoms with van der Waals surface area (Å²) in [5, 5.41) is 10.4. The molecule has 0 spiro atoms. The van der Waals surface area contributed by atoms with Crippen molar-refractivity contribution >= 4 is 21.6 Å². The lowest BCUT2D eigenvalue weighted by Gasteiger charge is -2.45. The smallest absolute Gasteiger partial charge is 0.244 e. The Morgan fingerprint density at radius 1 is 1.37 bits per heavy atom. The van der Waals surface area contributed by atoms with E-state index >= 15 is 0 Å². The molecule has 3 rings (SSSR count). The van der Waals surface area contributed by atoms with Crippen LogP contribution in [0.2, 0.25) is 5.02 Å². The second-order valence-electron chi connectivity index (χ2n) is 5.58. The van der Waals surface area contributed by atoms with Crippen molar-refractivity contribution in [2.24, 2.45) is 5.92 Å². The molecule has 1 aliphatic carbocycles. The Morgan fingerprint density at radius 2 is 2.00 bits per heavy atom. The molecule has 0 bridgehead atoms. The summed E-state index contributed by atoms with van der Waals surface area (Å²) in [5.41, 5.74) is 0.103. The van der Waals surface area contributed by atoms with Gasteiger partial charge in [0.05, 0.1) is 10.6 Å². The maximum atomic E-state index is 12.4. The Balaban J connectivity index is 1.84. The second kappa shape index (κ2) is 4.19. The van der Waals surface area contributed by atoms with Gasteiger partial charge in [0, 0.05) is 13.1 Å². The topological polar surface area (TPSA) is 57.6 Å². The normalized spacial score (nSPS) is 23.1. The summed E-state index contributed by atoms with van der Waals surface area (Å²) in [4.78, 5) is 0.123. The molecular formula is C13H16ClNO3S. The Labute approximate surface area is 118 Å². The zero-order valence-electron chi connectivity index (χ0n) is 10.6. The summed E-state index contributed by atoms with van der Waals surface area (Å²) in [6.45, 7) is 2.23. The van der Waals surface area contributed by atoms with Crippen LogP contribution in [0.4, 0.5) is 0 Å².